The van der Waals surface area contributed by atoms with E-state index in [4.69, 9.17) is 21.7 Å². The highest BCUT2D eigenvalue weighted by atomic mass is 16.4. The minimum absolute atomic E-state index is 0.0949. The average molecular weight is 204 g/mol. The Kier molecular flexibility index (Phi) is 5.82. The van der Waals surface area contributed by atoms with Crippen molar-refractivity contribution in [1.82, 2.24) is 0 Å². The second kappa shape index (κ2) is 6.33. The van der Waals surface area contributed by atoms with Gasteiger partial charge in [-0.2, -0.15) is 0 Å². The molecule has 0 bridgehead atoms. The molecular formula is C8H16N2O4. The van der Waals surface area contributed by atoms with Crippen LogP contribution in [0.3, 0.4) is 0 Å². The monoisotopic (exact) mass is 204 g/mol. The Balaban J connectivity index is 3.53. The molecule has 0 aliphatic rings. The molecule has 0 amide bonds. The number of hydrogen-bond donors (Lipinski definition) is 4. The molecule has 0 saturated heterocycles. The lowest BCUT2D eigenvalue weighted by atomic mass is 10.0. The minimum atomic E-state index is -1.04. The van der Waals surface area contributed by atoms with Gasteiger partial charge in [-0.15, -0.1) is 0 Å². The molecule has 6 N–H and O–H groups in total. The second-order valence-electron chi connectivity index (χ2n) is 3.23. The number of nitrogens with two attached hydrogens (primary N) is 2. The van der Waals surface area contributed by atoms with Gasteiger partial charge in [-0.3, -0.25) is 9.59 Å². The fourth-order valence-corrected chi connectivity index (χ4v) is 1.05. The summed E-state index contributed by atoms with van der Waals surface area (Å²) in [5.74, 6) is -1.99. The molecule has 2 atom stereocenters. The average Bonchev–Trinajstić information content (AvgIpc) is 2.02. The fourth-order valence-electron chi connectivity index (χ4n) is 1.05. The SMILES string of the molecule is NC(CCCC(N)C(=O)O)CC(=O)O. The highest BCUT2D eigenvalue weighted by molar-refractivity contribution is 5.72. The van der Waals surface area contributed by atoms with Crippen LogP contribution in [-0.2, 0) is 9.59 Å². The van der Waals surface area contributed by atoms with Gasteiger partial charge in [-0.25, -0.2) is 0 Å². The molecule has 0 radical (unpaired) electrons. The van der Waals surface area contributed by atoms with Gasteiger partial charge in [-0.05, 0) is 19.3 Å². The summed E-state index contributed by atoms with van der Waals surface area (Å²) in [6.07, 6.45) is 1.24. The molecule has 6 heteroatoms. The predicted molar refractivity (Wildman–Crippen MR) is 49.7 cm³/mol. The predicted octanol–water partition coefficient (Wildman–Crippen LogP) is -0.629. The Labute approximate surface area is 81.9 Å². The van der Waals surface area contributed by atoms with Gasteiger partial charge in [-0.1, -0.05) is 0 Å². The van der Waals surface area contributed by atoms with Crippen molar-refractivity contribution in [1.29, 1.82) is 0 Å². The first-order valence-electron chi connectivity index (χ1n) is 4.39. The molecule has 0 aromatic carbocycles. The van der Waals surface area contributed by atoms with Crippen LogP contribution >= 0.6 is 0 Å². The Morgan fingerprint density at radius 1 is 1.14 bits per heavy atom. The summed E-state index contributed by atoms with van der Waals surface area (Å²) in [5, 5.41) is 16.8. The van der Waals surface area contributed by atoms with Crippen molar-refractivity contribution < 1.29 is 19.8 Å². The molecule has 0 aromatic heterocycles. The molecule has 2 unspecified atom stereocenters. The Morgan fingerprint density at radius 2 is 1.71 bits per heavy atom. The van der Waals surface area contributed by atoms with Gasteiger partial charge in [0.05, 0.1) is 6.42 Å². The van der Waals surface area contributed by atoms with Crippen LogP contribution in [0.4, 0.5) is 0 Å². The van der Waals surface area contributed by atoms with Crippen molar-refractivity contribution in [3.8, 4) is 0 Å². The maximum atomic E-state index is 10.3. The first-order valence-corrected chi connectivity index (χ1v) is 4.39. The van der Waals surface area contributed by atoms with Gasteiger partial charge < -0.3 is 21.7 Å². The molecule has 0 rings (SSSR count). The summed E-state index contributed by atoms with van der Waals surface area (Å²) in [4.78, 5) is 20.5. The molecule has 0 fully saturated rings. The van der Waals surface area contributed by atoms with E-state index in [1.54, 1.807) is 0 Å². The number of carboxylic acids is 2. The Bertz CT molecular complexity index is 208. The van der Waals surface area contributed by atoms with Crippen LogP contribution in [-0.4, -0.2) is 34.2 Å². The van der Waals surface area contributed by atoms with Crippen LogP contribution < -0.4 is 11.5 Å². The maximum Gasteiger partial charge on any atom is 0.320 e. The van der Waals surface area contributed by atoms with E-state index in [1.807, 2.05) is 0 Å². The van der Waals surface area contributed by atoms with E-state index < -0.39 is 24.0 Å². The van der Waals surface area contributed by atoms with Crippen LogP contribution in [0.25, 0.3) is 0 Å². The third-order valence-electron chi connectivity index (χ3n) is 1.84. The van der Waals surface area contributed by atoms with Crippen molar-refractivity contribution in [2.45, 2.75) is 37.8 Å². The minimum Gasteiger partial charge on any atom is -0.481 e. The summed E-state index contributed by atoms with van der Waals surface area (Å²) >= 11 is 0. The van der Waals surface area contributed by atoms with Crippen LogP contribution in [0.15, 0.2) is 0 Å². The first kappa shape index (κ1) is 12.9. The molecule has 0 aromatic rings. The molecule has 14 heavy (non-hydrogen) atoms. The van der Waals surface area contributed by atoms with Crippen LogP contribution in [0.5, 0.6) is 0 Å². The highest BCUT2D eigenvalue weighted by Gasteiger charge is 2.12. The Hall–Kier alpha value is -1.14. The zero-order valence-corrected chi connectivity index (χ0v) is 7.85. The van der Waals surface area contributed by atoms with Crippen molar-refractivity contribution >= 4 is 11.9 Å². The number of aliphatic carboxylic acids is 2. The molecule has 0 aliphatic heterocycles. The third-order valence-corrected chi connectivity index (χ3v) is 1.84. The summed E-state index contributed by atoms with van der Waals surface area (Å²) < 4.78 is 0. The summed E-state index contributed by atoms with van der Waals surface area (Å²) in [6, 6.07) is -1.31. The van der Waals surface area contributed by atoms with Gasteiger partial charge in [0.25, 0.3) is 0 Å². The molecule has 0 saturated carbocycles. The zero-order valence-electron chi connectivity index (χ0n) is 7.85. The quantitative estimate of drug-likeness (QED) is 0.437. The van der Waals surface area contributed by atoms with Gasteiger partial charge in [0.1, 0.15) is 6.04 Å². The molecule has 0 spiro atoms. The van der Waals surface area contributed by atoms with E-state index in [-0.39, 0.29) is 6.42 Å². The van der Waals surface area contributed by atoms with Crippen LogP contribution in [0.2, 0.25) is 0 Å². The lowest BCUT2D eigenvalue weighted by Gasteiger charge is -2.09. The largest absolute Gasteiger partial charge is 0.481 e. The smallest absolute Gasteiger partial charge is 0.320 e. The fraction of sp³-hybridized carbons (Fsp3) is 0.750. The molecule has 82 valence electrons. The number of carboxylic acid groups (broad SMARTS) is 2. The third kappa shape index (κ3) is 6.38. The molecule has 6 nitrogen and oxygen atoms in total. The van der Waals surface area contributed by atoms with Gasteiger partial charge in [0, 0.05) is 6.04 Å². The maximum absolute atomic E-state index is 10.3. The second-order valence-corrected chi connectivity index (χ2v) is 3.23. The van der Waals surface area contributed by atoms with E-state index in [0.717, 1.165) is 0 Å². The van der Waals surface area contributed by atoms with Crippen LogP contribution in [0, 0.1) is 0 Å². The van der Waals surface area contributed by atoms with Crippen molar-refractivity contribution in [3.63, 3.8) is 0 Å². The van der Waals surface area contributed by atoms with E-state index in [0.29, 0.717) is 19.3 Å². The normalized spacial score (nSPS) is 14.7. The zero-order chi connectivity index (χ0) is 11.1. The van der Waals surface area contributed by atoms with E-state index >= 15 is 0 Å². The van der Waals surface area contributed by atoms with E-state index in [9.17, 15) is 9.59 Å². The lowest BCUT2D eigenvalue weighted by molar-refractivity contribution is -0.139. The summed E-state index contributed by atoms with van der Waals surface area (Å²) in [7, 11) is 0. The summed E-state index contributed by atoms with van der Waals surface area (Å²) in [5.41, 5.74) is 10.7. The number of hydrogen-bond acceptors (Lipinski definition) is 4. The number of carbonyl (C=O) groups is 2. The van der Waals surface area contributed by atoms with Gasteiger partial charge in [0.15, 0.2) is 0 Å². The topological polar surface area (TPSA) is 127 Å². The standard InChI is InChI=1S/C8H16N2O4/c9-5(4-7(11)12)2-1-3-6(10)8(13)14/h5-6H,1-4,9-10H2,(H,11,12)(H,13,14). The lowest BCUT2D eigenvalue weighted by Crippen LogP contribution is -2.31. The van der Waals surface area contributed by atoms with Crippen LogP contribution in [0.1, 0.15) is 25.7 Å². The van der Waals surface area contributed by atoms with E-state index in [1.165, 1.54) is 0 Å². The summed E-state index contributed by atoms with van der Waals surface area (Å²) in [6.45, 7) is 0. The highest BCUT2D eigenvalue weighted by Crippen LogP contribution is 2.04. The van der Waals surface area contributed by atoms with Gasteiger partial charge >= 0.3 is 11.9 Å². The molecule has 0 heterocycles. The van der Waals surface area contributed by atoms with Crippen molar-refractivity contribution in [2.24, 2.45) is 11.5 Å². The Morgan fingerprint density at radius 3 is 2.14 bits per heavy atom. The van der Waals surface area contributed by atoms with Gasteiger partial charge in [0.2, 0.25) is 0 Å². The van der Waals surface area contributed by atoms with E-state index in [2.05, 4.69) is 0 Å². The molecular weight excluding hydrogens is 188 g/mol. The molecule has 0 aliphatic carbocycles. The van der Waals surface area contributed by atoms with Crippen molar-refractivity contribution in [3.05, 3.63) is 0 Å². The number of rotatable bonds is 7. The van der Waals surface area contributed by atoms with Crippen molar-refractivity contribution in [2.75, 3.05) is 0 Å². The first-order chi connectivity index (χ1) is 6.43.